The van der Waals surface area contributed by atoms with Crippen LogP contribution in [0.25, 0.3) is 10.9 Å². The molecule has 0 saturated heterocycles. The zero-order valence-electron chi connectivity index (χ0n) is 16.2. The molecule has 31 heavy (non-hydrogen) atoms. The highest BCUT2D eigenvalue weighted by Gasteiger charge is 2.42. The first-order valence-corrected chi connectivity index (χ1v) is 9.81. The standard InChI is InChI=1S/C23H17ClF3N3O/c24-18-4-1-15(2-5-18)12-30-13-20(19-6-3-16(10-28)9-21(19)30)22(23(25,26)27)29-11-17-7-8-31-14-17/h1-9,13-14,22,29H,11-12H2. The molecule has 2 heterocycles. The van der Waals surface area contributed by atoms with Gasteiger partial charge in [-0.15, -0.1) is 0 Å². The number of furan rings is 1. The van der Waals surface area contributed by atoms with Gasteiger partial charge in [0.2, 0.25) is 0 Å². The molecule has 0 fully saturated rings. The largest absolute Gasteiger partial charge is 0.472 e. The van der Waals surface area contributed by atoms with Gasteiger partial charge in [0.25, 0.3) is 0 Å². The predicted molar refractivity (Wildman–Crippen MR) is 112 cm³/mol. The molecular formula is C23H17ClF3N3O. The summed E-state index contributed by atoms with van der Waals surface area (Å²) in [6.45, 7) is 0.343. The Hall–Kier alpha value is -3.21. The monoisotopic (exact) mass is 443 g/mol. The highest BCUT2D eigenvalue weighted by molar-refractivity contribution is 6.30. The molecule has 0 saturated carbocycles. The quantitative estimate of drug-likeness (QED) is 0.386. The molecule has 1 unspecified atom stereocenters. The van der Waals surface area contributed by atoms with Crippen LogP contribution in [0.1, 0.15) is 28.3 Å². The minimum atomic E-state index is -4.52. The summed E-state index contributed by atoms with van der Waals surface area (Å²) in [4.78, 5) is 0. The second-order valence-corrected chi connectivity index (χ2v) is 7.61. The van der Waals surface area contributed by atoms with Crippen molar-refractivity contribution in [3.63, 3.8) is 0 Å². The van der Waals surface area contributed by atoms with Gasteiger partial charge < -0.3 is 8.98 Å². The van der Waals surface area contributed by atoms with E-state index in [9.17, 15) is 18.4 Å². The first kappa shape index (κ1) is 21.0. The SMILES string of the molecule is N#Cc1ccc2c(C(NCc3ccoc3)C(F)(F)F)cn(Cc3ccc(Cl)cc3)c2c1. The second-order valence-electron chi connectivity index (χ2n) is 7.17. The lowest BCUT2D eigenvalue weighted by Gasteiger charge is -2.21. The van der Waals surface area contributed by atoms with Crippen molar-refractivity contribution in [1.82, 2.24) is 9.88 Å². The number of nitriles is 1. The second kappa shape index (κ2) is 8.50. The molecule has 2 aromatic heterocycles. The summed E-state index contributed by atoms with van der Waals surface area (Å²) in [5.74, 6) is 0. The fraction of sp³-hybridized carbons (Fsp3) is 0.174. The summed E-state index contributed by atoms with van der Waals surface area (Å²) in [7, 11) is 0. The summed E-state index contributed by atoms with van der Waals surface area (Å²) < 4.78 is 48.8. The maximum atomic E-state index is 14.0. The van der Waals surface area contributed by atoms with Crippen LogP contribution in [-0.2, 0) is 13.1 Å². The van der Waals surface area contributed by atoms with E-state index in [0.29, 0.717) is 33.6 Å². The Kier molecular flexibility index (Phi) is 5.77. The summed E-state index contributed by atoms with van der Waals surface area (Å²) in [6, 6.07) is 13.6. The van der Waals surface area contributed by atoms with Crippen LogP contribution < -0.4 is 5.32 Å². The Labute approximate surface area is 181 Å². The van der Waals surface area contributed by atoms with Gasteiger partial charge >= 0.3 is 6.18 Å². The van der Waals surface area contributed by atoms with Gasteiger partial charge in [-0.2, -0.15) is 18.4 Å². The molecule has 1 N–H and O–H groups in total. The Morgan fingerprint density at radius 1 is 1.10 bits per heavy atom. The molecule has 2 aromatic carbocycles. The van der Waals surface area contributed by atoms with Crippen LogP contribution in [-0.4, -0.2) is 10.7 Å². The average Bonchev–Trinajstić information content (AvgIpc) is 3.37. The van der Waals surface area contributed by atoms with Crippen molar-refractivity contribution >= 4 is 22.5 Å². The van der Waals surface area contributed by atoms with Gasteiger partial charge in [0.1, 0.15) is 6.04 Å². The molecule has 0 aliphatic rings. The summed E-state index contributed by atoms with van der Waals surface area (Å²) >= 11 is 5.94. The molecule has 0 spiro atoms. The molecule has 0 aliphatic carbocycles. The van der Waals surface area contributed by atoms with Crippen LogP contribution in [0.3, 0.4) is 0 Å². The van der Waals surface area contributed by atoms with E-state index in [-0.39, 0.29) is 12.1 Å². The van der Waals surface area contributed by atoms with E-state index in [0.717, 1.165) is 5.56 Å². The van der Waals surface area contributed by atoms with Gasteiger partial charge in [-0.25, -0.2) is 0 Å². The molecular weight excluding hydrogens is 427 g/mol. The summed E-state index contributed by atoms with van der Waals surface area (Å²) in [5.41, 5.74) is 2.54. The fourth-order valence-corrected chi connectivity index (χ4v) is 3.68. The maximum absolute atomic E-state index is 14.0. The van der Waals surface area contributed by atoms with E-state index >= 15 is 0 Å². The topological polar surface area (TPSA) is 53.9 Å². The normalized spacial score (nSPS) is 12.7. The minimum absolute atomic E-state index is 0.000807. The molecule has 0 aliphatic heterocycles. The van der Waals surface area contributed by atoms with Crippen molar-refractivity contribution < 1.29 is 17.6 Å². The van der Waals surface area contributed by atoms with Gasteiger partial charge in [-0.05, 0) is 35.9 Å². The molecule has 4 aromatic rings. The van der Waals surface area contributed by atoms with Crippen molar-refractivity contribution in [1.29, 1.82) is 5.26 Å². The molecule has 8 heteroatoms. The van der Waals surface area contributed by atoms with E-state index in [1.165, 1.54) is 24.8 Å². The van der Waals surface area contributed by atoms with Gasteiger partial charge in [0.15, 0.2) is 0 Å². The highest BCUT2D eigenvalue weighted by atomic mass is 35.5. The van der Waals surface area contributed by atoms with Gasteiger partial charge in [-0.3, -0.25) is 5.32 Å². The number of hydrogen-bond donors (Lipinski definition) is 1. The van der Waals surface area contributed by atoms with Gasteiger partial charge in [-0.1, -0.05) is 29.8 Å². The number of aromatic nitrogens is 1. The van der Waals surface area contributed by atoms with Crippen molar-refractivity contribution in [2.24, 2.45) is 0 Å². The van der Waals surface area contributed by atoms with Crippen LogP contribution in [0.5, 0.6) is 0 Å². The number of halogens is 4. The van der Waals surface area contributed by atoms with Gasteiger partial charge in [0.05, 0.1) is 24.2 Å². The fourth-order valence-electron chi connectivity index (χ4n) is 3.55. The van der Waals surface area contributed by atoms with E-state index in [1.54, 1.807) is 34.9 Å². The molecule has 0 amide bonds. The van der Waals surface area contributed by atoms with Gasteiger partial charge in [0, 0.05) is 46.3 Å². The number of rotatable bonds is 6. The number of benzene rings is 2. The number of hydrogen-bond acceptors (Lipinski definition) is 3. The van der Waals surface area contributed by atoms with Crippen LogP contribution in [0.2, 0.25) is 5.02 Å². The third-order valence-electron chi connectivity index (χ3n) is 5.04. The lowest BCUT2D eigenvalue weighted by atomic mass is 10.0. The highest BCUT2D eigenvalue weighted by Crippen LogP contribution is 2.38. The Bertz CT molecular complexity index is 1220. The lowest BCUT2D eigenvalue weighted by Crippen LogP contribution is -2.33. The summed E-state index contributed by atoms with van der Waals surface area (Å²) in [5, 5.41) is 12.9. The van der Waals surface area contributed by atoms with Crippen LogP contribution in [0.4, 0.5) is 13.2 Å². The summed E-state index contributed by atoms with van der Waals surface area (Å²) in [6.07, 6.45) is -0.192. The van der Waals surface area contributed by atoms with E-state index < -0.39 is 12.2 Å². The third-order valence-corrected chi connectivity index (χ3v) is 5.29. The number of nitrogens with one attached hydrogen (secondary N) is 1. The Morgan fingerprint density at radius 2 is 1.87 bits per heavy atom. The zero-order chi connectivity index (χ0) is 22.0. The van der Waals surface area contributed by atoms with Crippen molar-refractivity contribution in [3.05, 3.63) is 94.5 Å². The van der Waals surface area contributed by atoms with E-state index in [4.69, 9.17) is 16.0 Å². The average molecular weight is 444 g/mol. The number of nitrogens with zero attached hydrogens (tertiary/aromatic N) is 2. The van der Waals surface area contributed by atoms with E-state index in [1.807, 2.05) is 12.1 Å². The number of alkyl halides is 3. The molecule has 1 atom stereocenters. The molecule has 4 rings (SSSR count). The minimum Gasteiger partial charge on any atom is -0.472 e. The molecule has 0 radical (unpaired) electrons. The predicted octanol–water partition coefficient (Wildman–Crippen LogP) is 6.20. The zero-order valence-corrected chi connectivity index (χ0v) is 16.9. The van der Waals surface area contributed by atoms with Crippen molar-refractivity contribution in [2.75, 3.05) is 0 Å². The van der Waals surface area contributed by atoms with E-state index in [2.05, 4.69) is 11.4 Å². The molecule has 158 valence electrons. The Balaban J connectivity index is 1.77. The number of fused-ring (bicyclic) bond motifs is 1. The van der Waals surface area contributed by atoms with Crippen molar-refractivity contribution in [2.45, 2.75) is 25.3 Å². The van der Waals surface area contributed by atoms with Crippen LogP contribution in [0.15, 0.2) is 71.7 Å². The first-order chi connectivity index (χ1) is 14.8. The smallest absolute Gasteiger partial charge is 0.407 e. The Morgan fingerprint density at radius 3 is 2.52 bits per heavy atom. The third kappa shape index (κ3) is 4.61. The maximum Gasteiger partial charge on any atom is 0.407 e. The lowest BCUT2D eigenvalue weighted by molar-refractivity contribution is -0.157. The van der Waals surface area contributed by atoms with Crippen LogP contribution >= 0.6 is 11.6 Å². The molecule has 4 nitrogen and oxygen atoms in total. The van der Waals surface area contributed by atoms with Crippen LogP contribution in [0, 0.1) is 11.3 Å². The first-order valence-electron chi connectivity index (χ1n) is 9.43. The van der Waals surface area contributed by atoms with Crippen molar-refractivity contribution in [3.8, 4) is 6.07 Å². The molecule has 0 bridgehead atoms.